The third-order valence-electron chi connectivity index (χ3n) is 4.15. The maximum atomic E-state index is 13.6. The van der Waals surface area contributed by atoms with Crippen LogP contribution in [0, 0.1) is 19.7 Å². The highest BCUT2D eigenvalue weighted by molar-refractivity contribution is 7.22. The molecule has 0 aliphatic rings. The Morgan fingerprint density at radius 2 is 2.11 bits per heavy atom. The van der Waals surface area contributed by atoms with Gasteiger partial charge in [0.15, 0.2) is 5.13 Å². The van der Waals surface area contributed by atoms with Crippen molar-refractivity contribution in [2.75, 3.05) is 4.90 Å². The van der Waals surface area contributed by atoms with E-state index >= 15 is 0 Å². The zero-order valence-electron chi connectivity index (χ0n) is 14.8. The molecule has 4 rings (SSSR count). The number of halogens is 1. The van der Waals surface area contributed by atoms with E-state index in [2.05, 4.69) is 9.97 Å². The van der Waals surface area contributed by atoms with E-state index in [0.29, 0.717) is 39.0 Å². The minimum atomic E-state index is -0.330. The van der Waals surface area contributed by atoms with E-state index in [4.69, 9.17) is 4.42 Å². The van der Waals surface area contributed by atoms with Crippen LogP contribution in [0.3, 0.4) is 0 Å². The molecule has 0 saturated carbocycles. The molecule has 3 heterocycles. The van der Waals surface area contributed by atoms with Gasteiger partial charge >= 0.3 is 0 Å². The number of anilines is 1. The van der Waals surface area contributed by atoms with Gasteiger partial charge in [-0.05, 0) is 49.7 Å². The molecule has 1 amide bonds. The molecule has 4 aromatic rings. The number of aryl methyl sites for hydroxylation is 2. The summed E-state index contributed by atoms with van der Waals surface area (Å²) in [4.78, 5) is 23.5. The Balaban J connectivity index is 1.79. The monoisotopic (exact) mass is 381 g/mol. The molecule has 27 heavy (non-hydrogen) atoms. The number of fused-ring (bicyclic) bond motifs is 1. The summed E-state index contributed by atoms with van der Waals surface area (Å²) in [6.45, 7) is 3.87. The van der Waals surface area contributed by atoms with Gasteiger partial charge in [0.25, 0.3) is 5.91 Å². The number of carbonyl (C=O) groups is 1. The Labute approximate surface area is 159 Å². The van der Waals surface area contributed by atoms with E-state index in [1.165, 1.54) is 23.5 Å². The average Bonchev–Trinajstić information content (AvgIpc) is 3.22. The number of benzene rings is 1. The van der Waals surface area contributed by atoms with Crippen molar-refractivity contribution in [2.45, 2.75) is 20.4 Å². The van der Waals surface area contributed by atoms with Gasteiger partial charge in [-0.25, -0.2) is 9.37 Å². The second kappa shape index (κ2) is 6.92. The van der Waals surface area contributed by atoms with Crippen LogP contribution in [0.2, 0.25) is 0 Å². The van der Waals surface area contributed by atoms with Crippen molar-refractivity contribution in [3.63, 3.8) is 0 Å². The van der Waals surface area contributed by atoms with Gasteiger partial charge in [-0.2, -0.15) is 0 Å². The van der Waals surface area contributed by atoms with Crippen LogP contribution in [-0.2, 0) is 6.54 Å². The summed E-state index contributed by atoms with van der Waals surface area (Å²) >= 11 is 1.28. The number of rotatable bonds is 4. The molecule has 0 spiro atoms. The Hall–Kier alpha value is -3.06. The molecule has 0 fully saturated rings. The third-order valence-corrected chi connectivity index (χ3v) is 5.19. The van der Waals surface area contributed by atoms with Crippen LogP contribution in [0.25, 0.3) is 10.2 Å². The van der Waals surface area contributed by atoms with Crippen molar-refractivity contribution in [3.8, 4) is 0 Å². The number of thiazole rings is 1. The zero-order chi connectivity index (χ0) is 19.0. The molecule has 0 unspecified atom stereocenters. The van der Waals surface area contributed by atoms with Crippen LogP contribution in [0.15, 0.2) is 53.2 Å². The first kappa shape index (κ1) is 17.4. The first-order valence-electron chi connectivity index (χ1n) is 8.35. The lowest BCUT2D eigenvalue weighted by molar-refractivity contribution is 0.0983. The van der Waals surface area contributed by atoms with Crippen molar-refractivity contribution in [1.29, 1.82) is 0 Å². The quantitative estimate of drug-likeness (QED) is 0.505. The molecule has 0 bridgehead atoms. The first-order valence-corrected chi connectivity index (χ1v) is 9.17. The van der Waals surface area contributed by atoms with Crippen LogP contribution < -0.4 is 4.90 Å². The summed E-state index contributed by atoms with van der Waals surface area (Å²) < 4.78 is 19.8. The van der Waals surface area contributed by atoms with Gasteiger partial charge in [-0.1, -0.05) is 17.4 Å². The lowest BCUT2D eigenvalue weighted by Gasteiger charge is -2.19. The number of amides is 1. The van der Waals surface area contributed by atoms with E-state index in [9.17, 15) is 9.18 Å². The number of nitrogens with zero attached hydrogens (tertiary/aromatic N) is 3. The highest BCUT2D eigenvalue weighted by atomic mass is 32.1. The lowest BCUT2D eigenvalue weighted by Crippen LogP contribution is -2.30. The zero-order valence-corrected chi connectivity index (χ0v) is 15.6. The maximum absolute atomic E-state index is 13.6. The maximum Gasteiger partial charge on any atom is 0.263 e. The third kappa shape index (κ3) is 3.46. The summed E-state index contributed by atoms with van der Waals surface area (Å²) in [5.41, 5.74) is 2.01. The van der Waals surface area contributed by atoms with Crippen molar-refractivity contribution >= 4 is 32.6 Å². The topological polar surface area (TPSA) is 59.2 Å². The Morgan fingerprint density at radius 1 is 1.26 bits per heavy atom. The summed E-state index contributed by atoms with van der Waals surface area (Å²) in [5, 5.41) is 0.503. The number of carbonyl (C=O) groups excluding carboxylic acids is 1. The number of hydrogen-bond acceptors (Lipinski definition) is 5. The fourth-order valence-electron chi connectivity index (χ4n) is 2.89. The summed E-state index contributed by atoms with van der Waals surface area (Å²) in [7, 11) is 0. The second-order valence-corrected chi connectivity index (χ2v) is 7.20. The van der Waals surface area contributed by atoms with Gasteiger partial charge in [0.2, 0.25) is 0 Å². The van der Waals surface area contributed by atoms with E-state index < -0.39 is 0 Å². The molecule has 0 atom stereocenters. The van der Waals surface area contributed by atoms with Crippen molar-refractivity contribution in [2.24, 2.45) is 0 Å². The summed E-state index contributed by atoms with van der Waals surface area (Å²) in [6.07, 6.45) is 3.39. The molecular weight excluding hydrogens is 365 g/mol. The minimum absolute atomic E-state index is 0.215. The molecule has 0 radical (unpaired) electrons. The molecule has 7 heteroatoms. The molecular formula is C20H16FN3O2S. The van der Waals surface area contributed by atoms with Crippen molar-refractivity contribution in [1.82, 2.24) is 9.97 Å². The summed E-state index contributed by atoms with van der Waals surface area (Å²) in [6, 6.07) is 9.84. The van der Waals surface area contributed by atoms with Crippen LogP contribution >= 0.6 is 11.3 Å². The number of furan rings is 1. The molecule has 0 saturated heterocycles. The highest BCUT2D eigenvalue weighted by Crippen LogP contribution is 2.32. The van der Waals surface area contributed by atoms with E-state index in [-0.39, 0.29) is 11.7 Å². The largest absolute Gasteiger partial charge is 0.466 e. The molecule has 1 aromatic carbocycles. The van der Waals surface area contributed by atoms with Gasteiger partial charge in [0.05, 0.1) is 22.3 Å². The van der Waals surface area contributed by atoms with E-state index in [1.807, 2.05) is 12.1 Å². The van der Waals surface area contributed by atoms with Crippen LogP contribution in [-0.4, -0.2) is 15.9 Å². The van der Waals surface area contributed by atoms with Crippen LogP contribution in [0.4, 0.5) is 9.52 Å². The number of aromatic nitrogens is 2. The molecule has 3 aromatic heterocycles. The Kier molecular flexibility index (Phi) is 4.45. The second-order valence-electron chi connectivity index (χ2n) is 6.19. The number of pyridine rings is 1. The lowest BCUT2D eigenvalue weighted by atomic mass is 10.2. The smallest absolute Gasteiger partial charge is 0.263 e. The molecule has 5 nitrogen and oxygen atoms in total. The molecule has 0 aliphatic carbocycles. The fourth-order valence-corrected chi connectivity index (χ4v) is 3.88. The summed E-state index contributed by atoms with van der Waals surface area (Å²) in [5.74, 6) is 0.682. The van der Waals surface area contributed by atoms with Gasteiger partial charge < -0.3 is 4.42 Å². The van der Waals surface area contributed by atoms with E-state index in [1.54, 1.807) is 43.3 Å². The SMILES string of the molecule is Cc1cc(C(=O)N(Cc2cccnc2)c2nc3ccc(F)cc3s2)c(C)o1. The Morgan fingerprint density at radius 3 is 2.81 bits per heavy atom. The van der Waals surface area contributed by atoms with Crippen LogP contribution in [0.1, 0.15) is 27.4 Å². The first-order chi connectivity index (χ1) is 13.0. The van der Waals surface area contributed by atoms with E-state index in [0.717, 1.165) is 5.56 Å². The van der Waals surface area contributed by atoms with Gasteiger partial charge in [0, 0.05) is 12.4 Å². The fraction of sp³-hybridized carbons (Fsp3) is 0.150. The van der Waals surface area contributed by atoms with Crippen LogP contribution in [0.5, 0.6) is 0 Å². The normalized spacial score (nSPS) is 11.1. The molecule has 0 N–H and O–H groups in total. The highest BCUT2D eigenvalue weighted by Gasteiger charge is 2.25. The molecule has 0 aliphatic heterocycles. The Bertz CT molecular complexity index is 1120. The predicted octanol–water partition coefficient (Wildman–Crippen LogP) is 4.89. The van der Waals surface area contributed by atoms with Crippen molar-refractivity contribution in [3.05, 3.63) is 77.3 Å². The van der Waals surface area contributed by atoms with Crippen molar-refractivity contribution < 1.29 is 13.6 Å². The van der Waals surface area contributed by atoms with Gasteiger partial charge in [0.1, 0.15) is 17.3 Å². The van der Waals surface area contributed by atoms with Gasteiger partial charge in [-0.3, -0.25) is 14.7 Å². The minimum Gasteiger partial charge on any atom is -0.466 e. The predicted molar refractivity (Wildman–Crippen MR) is 103 cm³/mol. The molecule has 136 valence electrons. The standard InChI is InChI=1S/C20H16FN3O2S/c1-12-8-16(13(2)26-12)19(25)24(11-14-4-3-7-22-10-14)20-23-17-6-5-15(21)9-18(17)27-20/h3-10H,11H2,1-2H3. The average molecular weight is 381 g/mol. The number of hydrogen-bond donors (Lipinski definition) is 0. The van der Waals surface area contributed by atoms with Gasteiger partial charge in [-0.15, -0.1) is 0 Å².